The average molecular weight is 258 g/mol. The number of hydrogen-bond donors (Lipinski definition) is 4. The molecule has 1 fully saturated rings. The number of amides is 1. The molecule has 5 N–H and O–H groups in total. The van der Waals surface area contributed by atoms with Crippen molar-refractivity contribution >= 4 is 17.8 Å². The Bertz CT molecular complexity index is 344. The highest BCUT2D eigenvalue weighted by atomic mass is 16.4. The van der Waals surface area contributed by atoms with E-state index in [1.165, 1.54) is 0 Å². The number of carbonyl (C=O) groups is 3. The maximum atomic E-state index is 11.6. The third-order valence-electron chi connectivity index (χ3n) is 3.13. The minimum atomic E-state index is -0.995. The largest absolute Gasteiger partial charge is 0.481 e. The van der Waals surface area contributed by atoms with E-state index in [9.17, 15) is 14.4 Å². The van der Waals surface area contributed by atoms with Crippen LogP contribution in [0.3, 0.4) is 0 Å². The standard InChI is InChI=1S/C11H18N2O5/c12-8(3-4-9(14)15)10(16)13-7-2-1-6(5-7)11(17)18/h6-8H,1-5,12H2,(H,13,16)(H,14,15)(H,17,18)/t6-,7+,8?/m1/s1. The first-order valence-corrected chi connectivity index (χ1v) is 5.90. The summed E-state index contributed by atoms with van der Waals surface area (Å²) in [5, 5.41) is 20.0. The van der Waals surface area contributed by atoms with Gasteiger partial charge in [-0.1, -0.05) is 0 Å². The molecule has 1 amide bonds. The van der Waals surface area contributed by atoms with Crippen molar-refractivity contribution in [2.45, 2.75) is 44.2 Å². The molecule has 1 unspecified atom stereocenters. The van der Waals surface area contributed by atoms with E-state index < -0.39 is 29.8 Å². The van der Waals surface area contributed by atoms with Gasteiger partial charge < -0.3 is 21.3 Å². The van der Waals surface area contributed by atoms with Crippen molar-refractivity contribution < 1.29 is 24.6 Å². The smallest absolute Gasteiger partial charge is 0.306 e. The zero-order valence-corrected chi connectivity index (χ0v) is 9.96. The third kappa shape index (κ3) is 4.33. The summed E-state index contributed by atoms with van der Waals surface area (Å²) in [6.45, 7) is 0. The van der Waals surface area contributed by atoms with Gasteiger partial charge in [0, 0.05) is 12.5 Å². The molecule has 1 aliphatic carbocycles. The molecule has 0 aromatic heterocycles. The Morgan fingerprint density at radius 1 is 1.28 bits per heavy atom. The van der Waals surface area contributed by atoms with Gasteiger partial charge in [0.15, 0.2) is 0 Å². The molecule has 18 heavy (non-hydrogen) atoms. The molecule has 0 aliphatic heterocycles. The van der Waals surface area contributed by atoms with Crippen LogP contribution in [-0.2, 0) is 14.4 Å². The lowest BCUT2D eigenvalue weighted by Crippen LogP contribution is -2.44. The van der Waals surface area contributed by atoms with E-state index in [1.54, 1.807) is 0 Å². The number of rotatable bonds is 6. The summed E-state index contributed by atoms with van der Waals surface area (Å²) < 4.78 is 0. The highest BCUT2D eigenvalue weighted by Gasteiger charge is 2.31. The SMILES string of the molecule is NC(CCC(=O)O)C(=O)N[C@H]1CC[C@@H](C(=O)O)C1. The summed E-state index contributed by atoms with van der Waals surface area (Å²) in [5.41, 5.74) is 5.55. The van der Waals surface area contributed by atoms with Gasteiger partial charge in [0.25, 0.3) is 0 Å². The number of hydrogen-bond acceptors (Lipinski definition) is 4. The van der Waals surface area contributed by atoms with Crippen molar-refractivity contribution in [2.75, 3.05) is 0 Å². The van der Waals surface area contributed by atoms with Gasteiger partial charge in [-0.25, -0.2) is 0 Å². The lowest BCUT2D eigenvalue weighted by Gasteiger charge is -2.16. The quantitative estimate of drug-likeness (QED) is 0.510. The zero-order valence-electron chi connectivity index (χ0n) is 9.96. The van der Waals surface area contributed by atoms with Gasteiger partial charge in [-0.05, 0) is 25.7 Å². The van der Waals surface area contributed by atoms with E-state index >= 15 is 0 Å². The second kappa shape index (κ2) is 6.34. The first-order valence-electron chi connectivity index (χ1n) is 5.90. The molecule has 0 aromatic rings. The lowest BCUT2D eigenvalue weighted by atomic mass is 10.1. The van der Waals surface area contributed by atoms with Crippen molar-refractivity contribution in [1.29, 1.82) is 0 Å². The van der Waals surface area contributed by atoms with Crippen LogP contribution in [0.15, 0.2) is 0 Å². The van der Waals surface area contributed by atoms with Gasteiger partial charge in [0.2, 0.25) is 5.91 Å². The minimum Gasteiger partial charge on any atom is -0.481 e. The summed E-state index contributed by atoms with van der Waals surface area (Å²) in [4.78, 5) is 32.7. The second-order valence-corrected chi connectivity index (χ2v) is 4.59. The van der Waals surface area contributed by atoms with Crippen molar-refractivity contribution in [1.82, 2.24) is 5.32 Å². The Balaban J connectivity index is 2.32. The summed E-state index contributed by atoms with van der Waals surface area (Å²) in [6.07, 6.45) is 1.50. The molecule has 102 valence electrons. The topological polar surface area (TPSA) is 130 Å². The fourth-order valence-electron chi connectivity index (χ4n) is 2.06. The second-order valence-electron chi connectivity index (χ2n) is 4.59. The molecule has 3 atom stereocenters. The maximum Gasteiger partial charge on any atom is 0.306 e. The molecule has 7 heteroatoms. The van der Waals surface area contributed by atoms with Crippen LogP contribution in [0.5, 0.6) is 0 Å². The fourth-order valence-corrected chi connectivity index (χ4v) is 2.06. The predicted molar refractivity (Wildman–Crippen MR) is 61.8 cm³/mol. The number of nitrogens with two attached hydrogens (primary N) is 1. The number of carbonyl (C=O) groups excluding carboxylic acids is 1. The van der Waals surface area contributed by atoms with Gasteiger partial charge >= 0.3 is 11.9 Å². The number of carboxylic acids is 2. The van der Waals surface area contributed by atoms with Crippen molar-refractivity contribution in [3.8, 4) is 0 Å². The first-order chi connectivity index (χ1) is 8.40. The van der Waals surface area contributed by atoms with Gasteiger partial charge in [-0.2, -0.15) is 0 Å². The molecule has 7 nitrogen and oxygen atoms in total. The van der Waals surface area contributed by atoms with Crippen LogP contribution in [0.25, 0.3) is 0 Å². The summed E-state index contributed by atoms with van der Waals surface area (Å²) in [6, 6.07) is -1.03. The number of aliphatic carboxylic acids is 2. The van der Waals surface area contributed by atoms with Crippen LogP contribution in [0.4, 0.5) is 0 Å². The molecule has 1 aliphatic rings. The molecule has 0 aromatic carbocycles. The number of carboxylic acid groups (broad SMARTS) is 2. The zero-order chi connectivity index (χ0) is 13.7. The highest BCUT2D eigenvalue weighted by Crippen LogP contribution is 2.25. The molecular weight excluding hydrogens is 240 g/mol. The Hall–Kier alpha value is -1.63. The summed E-state index contributed by atoms with van der Waals surface area (Å²) in [5.74, 6) is -2.66. The monoisotopic (exact) mass is 258 g/mol. The molecule has 0 bridgehead atoms. The van der Waals surface area contributed by atoms with Crippen molar-refractivity contribution in [3.63, 3.8) is 0 Å². The molecular formula is C11H18N2O5. The van der Waals surface area contributed by atoms with Gasteiger partial charge in [0.1, 0.15) is 0 Å². The Morgan fingerprint density at radius 2 is 1.94 bits per heavy atom. The van der Waals surface area contributed by atoms with E-state index in [1.807, 2.05) is 0 Å². The van der Waals surface area contributed by atoms with Gasteiger partial charge in [0.05, 0.1) is 12.0 Å². The van der Waals surface area contributed by atoms with Crippen LogP contribution in [-0.4, -0.2) is 40.1 Å². The Kier molecular flexibility index (Phi) is 5.08. The van der Waals surface area contributed by atoms with Crippen molar-refractivity contribution in [3.05, 3.63) is 0 Å². The van der Waals surface area contributed by atoms with E-state index in [0.29, 0.717) is 19.3 Å². The normalized spacial score (nSPS) is 24.5. The molecule has 0 radical (unpaired) electrons. The fraction of sp³-hybridized carbons (Fsp3) is 0.727. The Labute approximate surface area is 104 Å². The lowest BCUT2D eigenvalue weighted by molar-refractivity contribution is -0.142. The molecule has 0 heterocycles. The van der Waals surface area contributed by atoms with Gasteiger partial charge in [-0.15, -0.1) is 0 Å². The van der Waals surface area contributed by atoms with Crippen LogP contribution >= 0.6 is 0 Å². The van der Waals surface area contributed by atoms with E-state index in [-0.39, 0.29) is 18.9 Å². The molecule has 1 saturated carbocycles. The first kappa shape index (κ1) is 14.4. The Morgan fingerprint density at radius 3 is 2.44 bits per heavy atom. The van der Waals surface area contributed by atoms with Crippen LogP contribution < -0.4 is 11.1 Å². The molecule has 1 rings (SSSR count). The van der Waals surface area contributed by atoms with E-state index in [4.69, 9.17) is 15.9 Å². The van der Waals surface area contributed by atoms with Crippen molar-refractivity contribution in [2.24, 2.45) is 11.7 Å². The molecule has 0 saturated heterocycles. The number of nitrogens with one attached hydrogen (secondary N) is 1. The average Bonchev–Trinajstić information content (AvgIpc) is 2.74. The van der Waals surface area contributed by atoms with Crippen LogP contribution in [0.2, 0.25) is 0 Å². The van der Waals surface area contributed by atoms with Gasteiger partial charge in [-0.3, -0.25) is 14.4 Å². The van der Waals surface area contributed by atoms with E-state index in [2.05, 4.69) is 5.32 Å². The predicted octanol–water partition coefficient (Wildman–Crippen LogP) is -0.452. The van der Waals surface area contributed by atoms with Crippen LogP contribution in [0.1, 0.15) is 32.1 Å². The third-order valence-corrected chi connectivity index (χ3v) is 3.13. The highest BCUT2D eigenvalue weighted by molar-refractivity contribution is 5.82. The minimum absolute atomic E-state index is 0.0796. The van der Waals surface area contributed by atoms with E-state index in [0.717, 1.165) is 0 Å². The molecule has 0 spiro atoms. The maximum absolute atomic E-state index is 11.6. The summed E-state index contributed by atoms with van der Waals surface area (Å²) in [7, 11) is 0. The van der Waals surface area contributed by atoms with Crippen LogP contribution in [0, 0.1) is 5.92 Å². The summed E-state index contributed by atoms with van der Waals surface area (Å²) >= 11 is 0.